The summed E-state index contributed by atoms with van der Waals surface area (Å²) in [5.74, 6) is -0.494. The molecule has 6 nitrogen and oxygen atoms in total. The number of carbonyl (C=O) groups is 1. The molecule has 0 aliphatic rings. The monoisotopic (exact) mass is 310 g/mol. The molecule has 0 heterocycles. The van der Waals surface area contributed by atoms with Crippen LogP contribution < -0.4 is 5.73 Å². The molecule has 0 aliphatic heterocycles. The second-order valence-electron chi connectivity index (χ2n) is 4.42. The number of hydrogen-bond donors (Lipinski definition) is 1. The molecule has 0 atom stereocenters. The average molecular weight is 310 g/mol. The average Bonchev–Trinajstić information content (AvgIpc) is 2.27. The highest BCUT2D eigenvalue weighted by atomic mass is 32.2. The molecule has 19 heavy (non-hydrogen) atoms. The number of ether oxygens (including phenoxy) is 1. The highest BCUT2D eigenvalue weighted by molar-refractivity contribution is 7.89. The van der Waals surface area contributed by atoms with Crippen molar-refractivity contribution >= 4 is 33.2 Å². The Hall–Kier alpha value is -0.730. The van der Waals surface area contributed by atoms with Gasteiger partial charge in [-0.3, -0.25) is 4.79 Å². The Morgan fingerprint density at radius 2 is 1.95 bits per heavy atom. The normalized spacial score (nSPS) is 11.8. The Kier molecular flexibility index (Phi) is 8.12. The van der Waals surface area contributed by atoms with E-state index in [4.69, 9.17) is 18.0 Å². The quantitative estimate of drug-likeness (QED) is 0.497. The van der Waals surface area contributed by atoms with Crippen molar-refractivity contribution in [2.45, 2.75) is 39.2 Å². The molecule has 0 aromatic heterocycles. The smallest absolute Gasteiger partial charge is 0.305 e. The van der Waals surface area contributed by atoms with Gasteiger partial charge in [-0.15, -0.1) is 0 Å². The minimum atomic E-state index is -3.41. The molecule has 0 aliphatic carbocycles. The van der Waals surface area contributed by atoms with E-state index in [1.165, 1.54) is 11.4 Å². The first-order valence-electron chi connectivity index (χ1n) is 6.05. The van der Waals surface area contributed by atoms with Gasteiger partial charge in [0, 0.05) is 25.4 Å². The van der Waals surface area contributed by atoms with Gasteiger partial charge in [0.2, 0.25) is 10.0 Å². The van der Waals surface area contributed by atoms with E-state index in [1.807, 2.05) is 0 Å². The zero-order chi connectivity index (χ0) is 15.1. The third-order valence-corrected chi connectivity index (χ3v) is 4.85. The van der Waals surface area contributed by atoms with E-state index in [0.717, 1.165) is 0 Å². The van der Waals surface area contributed by atoms with Gasteiger partial charge in [-0.2, -0.15) is 4.31 Å². The summed E-state index contributed by atoms with van der Waals surface area (Å²) in [7, 11) is -2.13. The fourth-order valence-corrected chi connectivity index (χ4v) is 3.40. The van der Waals surface area contributed by atoms with Crippen molar-refractivity contribution in [2.24, 2.45) is 5.73 Å². The Labute approximate surface area is 120 Å². The van der Waals surface area contributed by atoms with Crippen LogP contribution in [0.5, 0.6) is 0 Å². The van der Waals surface area contributed by atoms with Crippen LogP contribution in [0.25, 0.3) is 0 Å². The SMILES string of the molecule is COC(=O)CCCS(=O)(=O)N(CCC(N)=S)C(C)C. The van der Waals surface area contributed by atoms with E-state index in [0.29, 0.717) is 6.42 Å². The second-order valence-corrected chi connectivity index (χ2v) is 6.98. The summed E-state index contributed by atoms with van der Waals surface area (Å²) < 4.78 is 30.1. The van der Waals surface area contributed by atoms with Crippen molar-refractivity contribution in [1.29, 1.82) is 0 Å². The van der Waals surface area contributed by atoms with Crippen LogP contribution in [0, 0.1) is 0 Å². The van der Waals surface area contributed by atoms with Crippen LogP contribution in [-0.4, -0.2) is 49.1 Å². The van der Waals surface area contributed by atoms with Gasteiger partial charge in [0.05, 0.1) is 17.9 Å². The number of nitrogens with zero attached hydrogens (tertiary/aromatic N) is 1. The number of carbonyl (C=O) groups excluding carboxylic acids is 1. The van der Waals surface area contributed by atoms with Crippen molar-refractivity contribution in [2.75, 3.05) is 19.4 Å². The van der Waals surface area contributed by atoms with Crippen molar-refractivity contribution in [3.05, 3.63) is 0 Å². The van der Waals surface area contributed by atoms with E-state index in [-0.39, 0.29) is 36.2 Å². The Balaban J connectivity index is 4.53. The van der Waals surface area contributed by atoms with Crippen molar-refractivity contribution in [3.63, 3.8) is 0 Å². The highest BCUT2D eigenvalue weighted by Gasteiger charge is 2.24. The van der Waals surface area contributed by atoms with Gasteiger partial charge in [0.25, 0.3) is 0 Å². The van der Waals surface area contributed by atoms with E-state index >= 15 is 0 Å². The van der Waals surface area contributed by atoms with Gasteiger partial charge in [-0.1, -0.05) is 12.2 Å². The summed E-state index contributed by atoms with van der Waals surface area (Å²) in [4.78, 5) is 11.2. The molecule has 0 aromatic rings. The first-order valence-corrected chi connectivity index (χ1v) is 8.07. The summed E-state index contributed by atoms with van der Waals surface area (Å²) in [5, 5.41) is 0. The van der Waals surface area contributed by atoms with Gasteiger partial charge >= 0.3 is 5.97 Å². The largest absolute Gasteiger partial charge is 0.469 e. The molecule has 0 aromatic carbocycles. The molecule has 0 unspecified atom stereocenters. The lowest BCUT2D eigenvalue weighted by atomic mass is 10.3. The topological polar surface area (TPSA) is 89.7 Å². The minimum Gasteiger partial charge on any atom is -0.469 e. The van der Waals surface area contributed by atoms with E-state index in [2.05, 4.69) is 4.74 Å². The van der Waals surface area contributed by atoms with Gasteiger partial charge in [-0.25, -0.2) is 8.42 Å². The van der Waals surface area contributed by atoms with Gasteiger partial charge in [0.1, 0.15) is 0 Å². The third-order valence-electron chi connectivity index (χ3n) is 2.52. The first-order chi connectivity index (χ1) is 8.70. The third kappa shape index (κ3) is 7.44. The molecule has 0 bridgehead atoms. The summed E-state index contributed by atoms with van der Waals surface area (Å²) in [6.45, 7) is 3.85. The minimum absolute atomic E-state index is 0.0857. The summed E-state index contributed by atoms with van der Waals surface area (Å²) in [6.07, 6.45) is 0.687. The van der Waals surface area contributed by atoms with Crippen molar-refractivity contribution < 1.29 is 17.9 Å². The molecular formula is C11H22N2O4S2. The number of methoxy groups -OCH3 is 1. The van der Waals surface area contributed by atoms with Crippen molar-refractivity contribution in [1.82, 2.24) is 4.31 Å². The molecule has 2 N–H and O–H groups in total. The Morgan fingerprint density at radius 1 is 1.37 bits per heavy atom. The molecule has 8 heteroatoms. The fraction of sp³-hybridized carbons (Fsp3) is 0.818. The summed E-state index contributed by atoms with van der Waals surface area (Å²) in [5.41, 5.74) is 5.39. The lowest BCUT2D eigenvalue weighted by Gasteiger charge is -2.25. The van der Waals surface area contributed by atoms with Crippen LogP contribution in [0.2, 0.25) is 0 Å². The molecule has 0 amide bonds. The molecule has 0 saturated heterocycles. The van der Waals surface area contributed by atoms with Crippen LogP contribution in [0.3, 0.4) is 0 Å². The Morgan fingerprint density at radius 3 is 2.37 bits per heavy atom. The number of thiocarbonyl (C=S) groups is 1. The number of rotatable bonds is 9. The van der Waals surface area contributed by atoms with Gasteiger partial charge < -0.3 is 10.5 Å². The summed E-state index contributed by atoms with van der Waals surface area (Å²) >= 11 is 4.76. The van der Waals surface area contributed by atoms with E-state index in [9.17, 15) is 13.2 Å². The van der Waals surface area contributed by atoms with Crippen LogP contribution in [-0.2, 0) is 19.6 Å². The number of hydrogen-bond acceptors (Lipinski definition) is 5. The zero-order valence-electron chi connectivity index (χ0n) is 11.6. The number of esters is 1. The van der Waals surface area contributed by atoms with Crippen molar-refractivity contribution in [3.8, 4) is 0 Å². The molecule has 112 valence electrons. The molecular weight excluding hydrogens is 288 g/mol. The number of sulfonamides is 1. The Bertz CT molecular complexity index is 407. The van der Waals surface area contributed by atoms with Gasteiger partial charge in [0.15, 0.2) is 0 Å². The highest BCUT2D eigenvalue weighted by Crippen LogP contribution is 2.11. The van der Waals surface area contributed by atoms with Gasteiger partial charge in [-0.05, 0) is 20.3 Å². The first kappa shape index (κ1) is 18.3. The van der Waals surface area contributed by atoms with E-state index < -0.39 is 16.0 Å². The lowest BCUT2D eigenvalue weighted by molar-refractivity contribution is -0.140. The maximum Gasteiger partial charge on any atom is 0.305 e. The maximum absolute atomic E-state index is 12.1. The lowest BCUT2D eigenvalue weighted by Crippen LogP contribution is -2.40. The standard InChI is InChI=1S/C11H22N2O4S2/c1-9(2)13(7-6-10(12)18)19(15,16)8-4-5-11(14)17-3/h9H,4-8H2,1-3H3,(H2,12,18). The predicted molar refractivity (Wildman–Crippen MR) is 78.3 cm³/mol. The molecule has 0 rings (SSSR count). The number of nitrogens with two attached hydrogens (primary N) is 1. The van der Waals surface area contributed by atoms with Crippen LogP contribution in [0.4, 0.5) is 0 Å². The summed E-state index contributed by atoms with van der Waals surface area (Å²) in [6, 6.07) is -0.169. The van der Waals surface area contributed by atoms with Crippen LogP contribution in [0.15, 0.2) is 0 Å². The molecule has 0 saturated carbocycles. The fourth-order valence-electron chi connectivity index (χ4n) is 1.56. The zero-order valence-corrected chi connectivity index (χ0v) is 13.2. The predicted octanol–water partition coefficient (Wildman–Crippen LogP) is 0.656. The molecule has 0 fully saturated rings. The van der Waals surface area contributed by atoms with E-state index in [1.54, 1.807) is 13.8 Å². The molecule has 0 spiro atoms. The second kappa shape index (κ2) is 8.44. The molecule has 0 radical (unpaired) electrons. The van der Waals surface area contributed by atoms with Crippen LogP contribution >= 0.6 is 12.2 Å². The maximum atomic E-state index is 12.1. The van der Waals surface area contributed by atoms with Crippen LogP contribution in [0.1, 0.15) is 33.1 Å².